The van der Waals surface area contributed by atoms with E-state index in [4.69, 9.17) is 5.73 Å². The number of nitrogens with two attached hydrogens (primary N) is 1. The van der Waals surface area contributed by atoms with Crippen LogP contribution in [0.1, 0.15) is 32.1 Å². The van der Waals surface area contributed by atoms with Gasteiger partial charge in [-0.1, -0.05) is 0 Å². The molecule has 0 spiro atoms. The van der Waals surface area contributed by atoms with Crippen molar-refractivity contribution in [3.63, 3.8) is 0 Å². The Hall–Kier alpha value is -0.160. The predicted molar refractivity (Wildman–Crippen MR) is 81.7 cm³/mol. The molecule has 5 aliphatic rings. The quantitative estimate of drug-likeness (QED) is 0.801. The molecule has 4 bridgehead atoms. The van der Waals surface area contributed by atoms with Crippen molar-refractivity contribution in [2.45, 2.75) is 49.7 Å². The lowest BCUT2D eigenvalue weighted by Gasteiger charge is -2.58. The lowest BCUT2D eigenvalue weighted by Crippen LogP contribution is -2.70. The fourth-order valence-electron chi connectivity index (χ4n) is 5.58. The van der Waals surface area contributed by atoms with E-state index < -0.39 is 0 Å². The highest BCUT2D eigenvalue weighted by Gasteiger charge is 2.51. The number of rotatable bonds is 2. The lowest BCUT2D eigenvalue weighted by molar-refractivity contribution is -0.0697. The van der Waals surface area contributed by atoms with E-state index in [2.05, 4.69) is 21.7 Å². The van der Waals surface area contributed by atoms with Crippen LogP contribution < -0.4 is 5.73 Å². The van der Waals surface area contributed by atoms with Crippen LogP contribution in [0.25, 0.3) is 0 Å². The monoisotopic (exact) mass is 278 g/mol. The first-order chi connectivity index (χ1) is 9.73. The molecule has 0 radical (unpaired) electrons. The van der Waals surface area contributed by atoms with Crippen molar-refractivity contribution >= 4 is 0 Å². The minimum absolute atomic E-state index is 0.293. The summed E-state index contributed by atoms with van der Waals surface area (Å²) in [5.74, 6) is 0.847. The van der Waals surface area contributed by atoms with Crippen LogP contribution in [0.4, 0.5) is 0 Å². The summed E-state index contributed by atoms with van der Waals surface area (Å²) in [6.45, 7) is 7.24. The zero-order valence-electron chi connectivity index (χ0n) is 12.9. The SMILES string of the molecule is CN1C2CCC1CN(C1(CN)CN3CCC1CC3)CC2. The Morgan fingerprint density at radius 2 is 1.75 bits per heavy atom. The van der Waals surface area contributed by atoms with Crippen LogP contribution in [0, 0.1) is 5.92 Å². The molecular formula is C16H30N4. The van der Waals surface area contributed by atoms with Gasteiger partial charge in [0.1, 0.15) is 0 Å². The molecule has 3 atom stereocenters. The Labute approximate surface area is 123 Å². The number of nitrogens with zero attached hydrogens (tertiary/aromatic N) is 3. The summed E-state index contributed by atoms with van der Waals surface area (Å²) in [4.78, 5) is 8.15. The van der Waals surface area contributed by atoms with E-state index in [0.29, 0.717) is 5.54 Å². The maximum Gasteiger partial charge on any atom is 0.0488 e. The van der Waals surface area contributed by atoms with Gasteiger partial charge in [-0.3, -0.25) is 9.80 Å². The second-order valence-electron chi connectivity index (χ2n) is 7.64. The summed E-state index contributed by atoms with van der Waals surface area (Å²) in [5.41, 5.74) is 6.65. The van der Waals surface area contributed by atoms with E-state index in [1.54, 1.807) is 0 Å². The Kier molecular flexibility index (Phi) is 3.33. The summed E-state index contributed by atoms with van der Waals surface area (Å²) in [6.07, 6.45) is 6.91. The summed E-state index contributed by atoms with van der Waals surface area (Å²) < 4.78 is 0. The maximum atomic E-state index is 6.36. The maximum absolute atomic E-state index is 6.36. The molecular weight excluding hydrogens is 248 g/mol. The lowest BCUT2D eigenvalue weighted by atomic mass is 9.71. The fraction of sp³-hybridized carbons (Fsp3) is 1.00. The summed E-state index contributed by atoms with van der Waals surface area (Å²) in [5, 5.41) is 0. The van der Waals surface area contributed by atoms with Crippen LogP contribution in [0.15, 0.2) is 0 Å². The molecule has 5 saturated heterocycles. The third kappa shape index (κ3) is 1.88. The zero-order valence-corrected chi connectivity index (χ0v) is 12.9. The topological polar surface area (TPSA) is 35.7 Å². The molecule has 0 aromatic carbocycles. The van der Waals surface area contributed by atoms with Crippen molar-refractivity contribution in [2.75, 3.05) is 46.3 Å². The Balaban J connectivity index is 1.59. The van der Waals surface area contributed by atoms with Gasteiger partial charge in [-0.05, 0) is 58.2 Å². The predicted octanol–water partition coefficient (Wildman–Crippen LogP) is 0.578. The van der Waals surface area contributed by atoms with Gasteiger partial charge in [0.2, 0.25) is 0 Å². The molecule has 0 saturated carbocycles. The fourth-order valence-corrected chi connectivity index (χ4v) is 5.58. The van der Waals surface area contributed by atoms with Crippen molar-refractivity contribution in [3.05, 3.63) is 0 Å². The average molecular weight is 278 g/mol. The smallest absolute Gasteiger partial charge is 0.0488 e. The molecule has 2 N–H and O–H groups in total. The number of likely N-dealkylation sites (N-methyl/N-ethyl adjacent to an activating group) is 1. The van der Waals surface area contributed by atoms with Crippen LogP contribution in [-0.4, -0.2) is 78.6 Å². The van der Waals surface area contributed by atoms with E-state index in [1.807, 2.05) is 0 Å². The standard InChI is InChI=1S/C16H30N4/c1-18-14-2-3-15(18)10-20(9-6-14)16(11-17)12-19-7-4-13(16)5-8-19/h13-15H,2-12,17H2,1H3. The third-order valence-corrected chi connectivity index (χ3v) is 6.98. The molecule has 0 aromatic heterocycles. The van der Waals surface area contributed by atoms with Crippen molar-refractivity contribution in [2.24, 2.45) is 11.7 Å². The molecule has 4 nitrogen and oxygen atoms in total. The molecule has 5 aliphatic heterocycles. The Morgan fingerprint density at radius 1 is 1.00 bits per heavy atom. The third-order valence-electron chi connectivity index (χ3n) is 6.98. The van der Waals surface area contributed by atoms with Crippen molar-refractivity contribution in [1.29, 1.82) is 0 Å². The highest BCUT2D eigenvalue weighted by atomic mass is 15.3. The second kappa shape index (κ2) is 4.94. The highest BCUT2D eigenvalue weighted by molar-refractivity contribution is 5.08. The molecule has 114 valence electrons. The van der Waals surface area contributed by atoms with Crippen molar-refractivity contribution in [1.82, 2.24) is 14.7 Å². The van der Waals surface area contributed by atoms with Gasteiger partial charge in [-0.15, -0.1) is 0 Å². The van der Waals surface area contributed by atoms with Gasteiger partial charge in [-0.25, -0.2) is 0 Å². The van der Waals surface area contributed by atoms with Crippen LogP contribution in [-0.2, 0) is 0 Å². The van der Waals surface area contributed by atoms with E-state index in [0.717, 1.165) is 24.5 Å². The molecule has 5 heterocycles. The highest BCUT2D eigenvalue weighted by Crippen LogP contribution is 2.41. The number of piperidine rings is 3. The van der Waals surface area contributed by atoms with Crippen molar-refractivity contribution in [3.8, 4) is 0 Å². The number of hydrogen-bond acceptors (Lipinski definition) is 4. The second-order valence-corrected chi connectivity index (χ2v) is 7.64. The first-order valence-corrected chi connectivity index (χ1v) is 8.62. The Morgan fingerprint density at radius 3 is 2.40 bits per heavy atom. The minimum Gasteiger partial charge on any atom is -0.329 e. The summed E-state index contributed by atoms with van der Waals surface area (Å²) >= 11 is 0. The van der Waals surface area contributed by atoms with Gasteiger partial charge in [-0.2, -0.15) is 0 Å². The molecule has 0 amide bonds. The van der Waals surface area contributed by atoms with Crippen LogP contribution >= 0.6 is 0 Å². The molecule has 5 fully saturated rings. The molecule has 20 heavy (non-hydrogen) atoms. The van der Waals surface area contributed by atoms with E-state index in [1.165, 1.54) is 64.8 Å². The van der Waals surface area contributed by atoms with Gasteiger partial charge in [0.15, 0.2) is 0 Å². The van der Waals surface area contributed by atoms with Crippen LogP contribution in [0.2, 0.25) is 0 Å². The Bertz CT molecular complexity index is 365. The van der Waals surface area contributed by atoms with Gasteiger partial charge in [0.05, 0.1) is 0 Å². The minimum atomic E-state index is 0.293. The number of fused-ring (bicyclic) bond motifs is 5. The summed E-state index contributed by atoms with van der Waals surface area (Å²) in [7, 11) is 2.34. The van der Waals surface area contributed by atoms with Gasteiger partial charge < -0.3 is 10.6 Å². The van der Waals surface area contributed by atoms with E-state index in [-0.39, 0.29) is 0 Å². The van der Waals surface area contributed by atoms with E-state index in [9.17, 15) is 0 Å². The van der Waals surface area contributed by atoms with Crippen molar-refractivity contribution < 1.29 is 0 Å². The first kappa shape index (κ1) is 13.5. The van der Waals surface area contributed by atoms with Gasteiger partial charge >= 0.3 is 0 Å². The number of hydrogen-bond donors (Lipinski definition) is 1. The number of likely N-dealkylation sites (tertiary alicyclic amines) is 1. The molecule has 0 aromatic rings. The molecule has 4 heteroatoms. The van der Waals surface area contributed by atoms with Crippen LogP contribution in [0.5, 0.6) is 0 Å². The van der Waals surface area contributed by atoms with Crippen LogP contribution in [0.3, 0.4) is 0 Å². The molecule has 3 unspecified atom stereocenters. The molecule has 0 aliphatic carbocycles. The zero-order chi connectivity index (χ0) is 13.7. The molecule has 5 rings (SSSR count). The summed E-state index contributed by atoms with van der Waals surface area (Å²) in [6, 6.07) is 1.61. The van der Waals surface area contributed by atoms with Gasteiger partial charge in [0, 0.05) is 43.8 Å². The largest absolute Gasteiger partial charge is 0.329 e. The average Bonchev–Trinajstić information content (AvgIpc) is 2.73. The van der Waals surface area contributed by atoms with Gasteiger partial charge in [0.25, 0.3) is 0 Å². The normalized spacial score (nSPS) is 49.5. The van der Waals surface area contributed by atoms with E-state index >= 15 is 0 Å². The first-order valence-electron chi connectivity index (χ1n) is 8.62.